The average Bonchev–Trinajstić information content (AvgIpc) is 3.78. The Labute approximate surface area is 265 Å². The quantitative estimate of drug-likeness (QED) is 0.168. The summed E-state index contributed by atoms with van der Waals surface area (Å²) < 4.78 is 7.50. The molecular weight excluding hydrogens is 599 g/mol. The standard InChI is InChI=1S/C34H32Cl2N4O4/c1-33(2,42)23-16-27(25-10-7-11-26(35)30(25)36)38-29(17-23)34(43,22-8-5-4-6-9-22)19-37-32(41)20-14-21-18-40(24-12-13-24)39-31(21)28(15-20)44-3/h4-11,14-18,24,42-43H,12-13,19H2,1-3H3,(H,37,41)/t34-/m1/s1. The van der Waals surface area contributed by atoms with Gasteiger partial charge in [-0.1, -0.05) is 65.7 Å². The van der Waals surface area contributed by atoms with Crippen molar-refractivity contribution >= 4 is 40.0 Å². The predicted octanol–water partition coefficient (Wildman–Crippen LogP) is 6.64. The van der Waals surface area contributed by atoms with Crippen molar-refractivity contribution in [1.82, 2.24) is 20.1 Å². The van der Waals surface area contributed by atoms with Crippen LogP contribution >= 0.6 is 23.2 Å². The topological polar surface area (TPSA) is 110 Å². The van der Waals surface area contributed by atoms with Gasteiger partial charge in [-0.2, -0.15) is 5.10 Å². The molecule has 8 nitrogen and oxygen atoms in total. The molecule has 2 aromatic heterocycles. The number of benzene rings is 3. The van der Waals surface area contributed by atoms with Crippen LogP contribution in [0.3, 0.4) is 0 Å². The summed E-state index contributed by atoms with van der Waals surface area (Å²) in [7, 11) is 1.55. The van der Waals surface area contributed by atoms with E-state index in [9.17, 15) is 15.0 Å². The van der Waals surface area contributed by atoms with E-state index in [1.54, 1.807) is 87.7 Å². The van der Waals surface area contributed by atoms with Gasteiger partial charge < -0.3 is 20.3 Å². The molecule has 1 amide bonds. The first-order valence-electron chi connectivity index (χ1n) is 14.3. The monoisotopic (exact) mass is 630 g/mol. The van der Waals surface area contributed by atoms with E-state index < -0.39 is 17.1 Å². The lowest BCUT2D eigenvalue weighted by molar-refractivity contribution is 0.0639. The van der Waals surface area contributed by atoms with E-state index in [1.165, 1.54) is 0 Å². The van der Waals surface area contributed by atoms with Crippen LogP contribution in [0.5, 0.6) is 5.75 Å². The third-order valence-electron chi connectivity index (χ3n) is 7.93. The van der Waals surface area contributed by atoms with E-state index in [0.717, 1.165) is 18.2 Å². The van der Waals surface area contributed by atoms with Gasteiger partial charge in [0.2, 0.25) is 0 Å². The number of carbonyl (C=O) groups is 1. The van der Waals surface area contributed by atoms with Crippen LogP contribution in [0.4, 0.5) is 0 Å². The van der Waals surface area contributed by atoms with E-state index in [0.29, 0.717) is 55.3 Å². The van der Waals surface area contributed by atoms with Crippen molar-refractivity contribution in [2.75, 3.05) is 13.7 Å². The fraction of sp³-hybridized carbons (Fsp3) is 0.265. The largest absolute Gasteiger partial charge is 0.494 e. The summed E-state index contributed by atoms with van der Waals surface area (Å²) >= 11 is 12.9. The van der Waals surface area contributed by atoms with Gasteiger partial charge >= 0.3 is 0 Å². The highest BCUT2D eigenvalue weighted by atomic mass is 35.5. The molecule has 0 saturated heterocycles. The Morgan fingerprint density at radius 2 is 1.77 bits per heavy atom. The number of aromatic nitrogens is 3. The van der Waals surface area contributed by atoms with Gasteiger partial charge in [0.05, 0.1) is 46.7 Å². The van der Waals surface area contributed by atoms with Crippen LogP contribution in [0.2, 0.25) is 10.0 Å². The second-order valence-electron chi connectivity index (χ2n) is 11.7. The maximum atomic E-state index is 13.6. The van der Waals surface area contributed by atoms with Gasteiger partial charge in [0, 0.05) is 22.7 Å². The summed E-state index contributed by atoms with van der Waals surface area (Å²) in [4.78, 5) is 18.4. The van der Waals surface area contributed by atoms with Crippen molar-refractivity contribution in [2.45, 2.75) is 43.9 Å². The first-order valence-corrected chi connectivity index (χ1v) is 15.1. The fourth-order valence-corrected chi connectivity index (χ4v) is 5.63. The highest BCUT2D eigenvalue weighted by Gasteiger charge is 2.36. The lowest BCUT2D eigenvalue weighted by Crippen LogP contribution is -2.42. The number of nitrogens with one attached hydrogen (secondary N) is 1. The van der Waals surface area contributed by atoms with Gasteiger partial charge in [0.25, 0.3) is 5.91 Å². The molecule has 1 atom stereocenters. The van der Waals surface area contributed by atoms with Crippen molar-refractivity contribution in [3.05, 3.63) is 111 Å². The second kappa shape index (κ2) is 11.5. The number of fused-ring (bicyclic) bond motifs is 1. The molecule has 44 heavy (non-hydrogen) atoms. The van der Waals surface area contributed by atoms with Gasteiger partial charge in [0.1, 0.15) is 16.9 Å². The molecule has 0 aliphatic heterocycles. The minimum absolute atomic E-state index is 0.216. The number of hydrogen-bond acceptors (Lipinski definition) is 6. The van der Waals surface area contributed by atoms with E-state index in [2.05, 4.69) is 10.4 Å². The van der Waals surface area contributed by atoms with Gasteiger partial charge in [-0.3, -0.25) is 9.48 Å². The molecule has 1 aliphatic rings. The Hall–Kier alpha value is -3.95. The van der Waals surface area contributed by atoms with Crippen LogP contribution in [0.25, 0.3) is 22.2 Å². The number of nitrogens with zero attached hydrogens (tertiary/aromatic N) is 3. The molecule has 0 radical (unpaired) electrons. The summed E-state index contributed by atoms with van der Waals surface area (Å²) in [6.45, 7) is 3.07. The van der Waals surface area contributed by atoms with Crippen molar-refractivity contribution in [2.24, 2.45) is 0 Å². The molecule has 6 rings (SSSR count). The van der Waals surface area contributed by atoms with Crippen molar-refractivity contribution in [3.63, 3.8) is 0 Å². The molecule has 1 fully saturated rings. The van der Waals surface area contributed by atoms with Crippen LogP contribution in [0, 0.1) is 0 Å². The molecule has 226 valence electrons. The van der Waals surface area contributed by atoms with E-state index >= 15 is 0 Å². The SMILES string of the molecule is COc1cc(C(=O)NC[C@@](O)(c2ccccc2)c2cc(C(C)(C)O)cc(-c3cccc(Cl)c3Cl)n2)cc2cn(C3CC3)nc12. The number of aliphatic hydroxyl groups is 2. The maximum absolute atomic E-state index is 13.6. The summed E-state index contributed by atoms with van der Waals surface area (Å²) in [5.74, 6) is 0.0865. The number of carbonyl (C=O) groups excluding carboxylic acids is 1. The van der Waals surface area contributed by atoms with Crippen LogP contribution in [0.15, 0.2) is 79.0 Å². The molecule has 2 heterocycles. The fourth-order valence-electron chi connectivity index (χ4n) is 5.23. The molecule has 0 spiro atoms. The van der Waals surface area contributed by atoms with E-state index in [4.69, 9.17) is 32.9 Å². The number of hydrogen-bond donors (Lipinski definition) is 3. The second-order valence-corrected chi connectivity index (χ2v) is 12.4. The van der Waals surface area contributed by atoms with Gasteiger partial charge in [-0.15, -0.1) is 0 Å². The molecule has 1 aliphatic carbocycles. The first kappa shape index (κ1) is 30.1. The molecule has 3 N–H and O–H groups in total. The predicted molar refractivity (Wildman–Crippen MR) is 171 cm³/mol. The van der Waals surface area contributed by atoms with Crippen molar-refractivity contribution < 1.29 is 19.7 Å². The Balaban J connectivity index is 1.41. The number of ether oxygens (including phenoxy) is 1. The lowest BCUT2D eigenvalue weighted by Gasteiger charge is -2.31. The molecule has 5 aromatic rings. The molecular formula is C34H32Cl2N4O4. The van der Waals surface area contributed by atoms with Crippen molar-refractivity contribution in [1.29, 1.82) is 0 Å². The smallest absolute Gasteiger partial charge is 0.251 e. The Kier molecular flexibility index (Phi) is 7.88. The zero-order valence-corrected chi connectivity index (χ0v) is 26.0. The summed E-state index contributed by atoms with van der Waals surface area (Å²) in [6, 6.07) is 21.3. The average molecular weight is 632 g/mol. The minimum Gasteiger partial charge on any atom is -0.494 e. The van der Waals surface area contributed by atoms with E-state index in [1.807, 2.05) is 16.9 Å². The molecule has 0 unspecified atom stereocenters. The van der Waals surface area contributed by atoms with Crippen LogP contribution in [-0.4, -0.2) is 44.5 Å². The highest BCUT2D eigenvalue weighted by molar-refractivity contribution is 6.43. The van der Waals surface area contributed by atoms with Crippen LogP contribution in [0.1, 0.15) is 59.9 Å². The Morgan fingerprint density at radius 3 is 2.45 bits per heavy atom. The third-order valence-corrected chi connectivity index (χ3v) is 8.75. The zero-order valence-electron chi connectivity index (χ0n) is 24.5. The summed E-state index contributed by atoms with van der Waals surface area (Å²) in [5.41, 5.74) is 0.154. The first-order chi connectivity index (χ1) is 21.0. The molecule has 1 saturated carbocycles. The number of methoxy groups -OCH3 is 1. The minimum atomic E-state index is -1.79. The summed E-state index contributed by atoms with van der Waals surface area (Å²) in [6.07, 6.45) is 4.09. The van der Waals surface area contributed by atoms with Gasteiger partial charge in [-0.05, 0) is 68.1 Å². The molecule has 3 aromatic carbocycles. The number of amides is 1. The third kappa shape index (κ3) is 5.78. The van der Waals surface area contributed by atoms with Gasteiger partial charge in [-0.25, -0.2) is 4.98 Å². The lowest BCUT2D eigenvalue weighted by atomic mass is 9.86. The van der Waals surface area contributed by atoms with Gasteiger partial charge in [0.15, 0.2) is 0 Å². The van der Waals surface area contributed by atoms with Crippen LogP contribution in [-0.2, 0) is 11.2 Å². The summed E-state index contributed by atoms with van der Waals surface area (Å²) in [5, 5.41) is 32.5. The number of rotatable bonds is 9. The van der Waals surface area contributed by atoms with Crippen LogP contribution < -0.4 is 10.1 Å². The Morgan fingerprint density at radius 1 is 1.02 bits per heavy atom. The highest BCUT2D eigenvalue weighted by Crippen LogP contribution is 2.39. The Bertz CT molecular complexity index is 1870. The van der Waals surface area contributed by atoms with Crippen molar-refractivity contribution in [3.8, 4) is 17.0 Å². The normalized spacial score (nSPS) is 14.8. The number of pyridine rings is 1. The zero-order chi connectivity index (χ0) is 31.2. The number of halogens is 2. The maximum Gasteiger partial charge on any atom is 0.251 e. The van der Waals surface area contributed by atoms with E-state index in [-0.39, 0.29) is 12.2 Å². The molecule has 0 bridgehead atoms. The molecule has 10 heteroatoms.